The Morgan fingerprint density at radius 2 is 1.67 bits per heavy atom. The summed E-state index contributed by atoms with van der Waals surface area (Å²) in [5.74, 6) is -0.998. The molecule has 3 rings (SSSR count). The molecule has 1 atom stereocenters. The van der Waals surface area contributed by atoms with Gasteiger partial charge in [-0.15, -0.1) is 0 Å². The number of hydrogen-bond acceptors (Lipinski definition) is 7. The van der Waals surface area contributed by atoms with E-state index in [2.05, 4.69) is 8.75 Å². The highest BCUT2D eigenvalue weighted by atomic mass is 32.1. The lowest BCUT2D eigenvalue weighted by molar-refractivity contribution is -0.145. The third kappa shape index (κ3) is 4.59. The van der Waals surface area contributed by atoms with Crippen molar-refractivity contribution in [3.05, 3.63) is 52.6 Å². The summed E-state index contributed by atoms with van der Waals surface area (Å²) in [6.07, 6.45) is 1.74. The van der Waals surface area contributed by atoms with Gasteiger partial charge in [0.15, 0.2) is 0 Å². The standard InChI is InChI=1S/C22H24N2O5S/c1-4-6-13-10-16(22(27)28-3)11-14(7-5-2)19(13)29-20(21(25)26)15-8-9-17-18(12-15)24-30-23-17/h8-12,20H,4-7H2,1-3H3,(H,25,26). The molecule has 2 aromatic carbocycles. The second-order valence-corrected chi connectivity index (χ2v) is 7.49. The Morgan fingerprint density at radius 1 is 1.03 bits per heavy atom. The lowest BCUT2D eigenvalue weighted by atomic mass is 9.97. The van der Waals surface area contributed by atoms with Crippen molar-refractivity contribution in [3.8, 4) is 5.75 Å². The number of carboxylic acid groups (broad SMARTS) is 1. The Kier molecular flexibility index (Phi) is 6.99. The van der Waals surface area contributed by atoms with Gasteiger partial charge in [-0.1, -0.05) is 32.8 Å². The molecule has 0 aliphatic heterocycles. The fourth-order valence-electron chi connectivity index (χ4n) is 3.39. The second kappa shape index (κ2) is 9.67. The average molecular weight is 429 g/mol. The predicted octanol–water partition coefficient (Wildman–Crippen LogP) is 4.59. The van der Waals surface area contributed by atoms with Gasteiger partial charge in [0.05, 0.1) is 24.4 Å². The lowest BCUT2D eigenvalue weighted by Gasteiger charge is -2.22. The van der Waals surface area contributed by atoms with Crippen molar-refractivity contribution in [1.29, 1.82) is 0 Å². The van der Waals surface area contributed by atoms with Gasteiger partial charge in [0.1, 0.15) is 16.8 Å². The van der Waals surface area contributed by atoms with Gasteiger partial charge in [-0.25, -0.2) is 9.59 Å². The molecule has 0 bridgehead atoms. The normalized spacial score (nSPS) is 12.0. The summed E-state index contributed by atoms with van der Waals surface area (Å²) in [5, 5.41) is 9.90. The molecule has 0 aliphatic rings. The molecule has 1 heterocycles. The molecule has 30 heavy (non-hydrogen) atoms. The lowest BCUT2D eigenvalue weighted by Crippen LogP contribution is -2.20. The van der Waals surface area contributed by atoms with Crippen molar-refractivity contribution in [2.45, 2.75) is 45.6 Å². The van der Waals surface area contributed by atoms with E-state index in [1.807, 2.05) is 13.8 Å². The Balaban J connectivity index is 2.08. The minimum Gasteiger partial charge on any atom is -0.478 e. The minimum absolute atomic E-state index is 0.424. The maximum atomic E-state index is 12.1. The molecule has 1 N–H and O–H groups in total. The highest BCUT2D eigenvalue weighted by Gasteiger charge is 2.26. The first kappa shape index (κ1) is 21.7. The molecule has 8 heteroatoms. The van der Waals surface area contributed by atoms with Crippen LogP contribution in [0.15, 0.2) is 30.3 Å². The number of aliphatic carboxylic acids is 1. The van der Waals surface area contributed by atoms with Gasteiger partial charge < -0.3 is 14.6 Å². The zero-order valence-electron chi connectivity index (χ0n) is 17.2. The van der Waals surface area contributed by atoms with Gasteiger partial charge in [-0.2, -0.15) is 8.75 Å². The molecule has 3 aromatic rings. The first-order valence-corrected chi connectivity index (χ1v) is 10.6. The van der Waals surface area contributed by atoms with Crippen molar-refractivity contribution >= 4 is 34.7 Å². The number of carbonyl (C=O) groups excluding carboxylic acids is 1. The monoisotopic (exact) mass is 428 g/mol. The summed E-state index contributed by atoms with van der Waals surface area (Å²) >= 11 is 1.08. The van der Waals surface area contributed by atoms with Gasteiger partial charge in [0, 0.05) is 5.56 Å². The molecular weight excluding hydrogens is 404 g/mol. The zero-order chi connectivity index (χ0) is 21.7. The van der Waals surface area contributed by atoms with E-state index in [-0.39, 0.29) is 0 Å². The Labute approximate surface area is 179 Å². The number of nitrogens with zero attached hydrogens (tertiary/aromatic N) is 2. The number of ether oxygens (including phenoxy) is 2. The number of aryl methyl sites for hydroxylation is 2. The van der Waals surface area contributed by atoms with Crippen LogP contribution in [-0.2, 0) is 22.4 Å². The van der Waals surface area contributed by atoms with Crippen LogP contribution in [0.25, 0.3) is 11.0 Å². The van der Waals surface area contributed by atoms with Crippen LogP contribution in [-0.4, -0.2) is 32.9 Å². The van der Waals surface area contributed by atoms with E-state index in [1.165, 1.54) is 7.11 Å². The van der Waals surface area contributed by atoms with Crippen LogP contribution in [0.2, 0.25) is 0 Å². The molecule has 0 amide bonds. The summed E-state index contributed by atoms with van der Waals surface area (Å²) in [7, 11) is 1.34. The SMILES string of the molecule is CCCc1cc(C(=O)OC)cc(CCC)c1OC(C(=O)O)c1ccc2nsnc2c1. The second-order valence-electron chi connectivity index (χ2n) is 6.96. The first-order valence-electron chi connectivity index (χ1n) is 9.84. The van der Waals surface area contributed by atoms with Crippen LogP contribution < -0.4 is 4.74 Å². The predicted molar refractivity (Wildman–Crippen MR) is 114 cm³/mol. The van der Waals surface area contributed by atoms with Gasteiger partial charge >= 0.3 is 11.9 Å². The smallest absolute Gasteiger partial charge is 0.349 e. The summed E-state index contributed by atoms with van der Waals surface area (Å²) in [6.45, 7) is 4.04. The van der Waals surface area contributed by atoms with E-state index >= 15 is 0 Å². The van der Waals surface area contributed by atoms with Crippen LogP contribution in [0.1, 0.15) is 59.8 Å². The summed E-state index contributed by atoms with van der Waals surface area (Å²) in [6, 6.07) is 8.60. The molecule has 0 radical (unpaired) electrons. The number of methoxy groups -OCH3 is 1. The highest BCUT2D eigenvalue weighted by molar-refractivity contribution is 7.00. The van der Waals surface area contributed by atoms with Crippen molar-refractivity contribution in [2.75, 3.05) is 7.11 Å². The Bertz CT molecular complexity index is 1040. The van der Waals surface area contributed by atoms with Crippen LogP contribution in [0.4, 0.5) is 0 Å². The summed E-state index contributed by atoms with van der Waals surface area (Å²) in [5.41, 5.74) is 3.88. The minimum atomic E-state index is -1.20. The van der Waals surface area contributed by atoms with Crippen molar-refractivity contribution in [1.82, 2.24) is 8.75 Å². The number of carboxylic acids is 1. The third-order valence-electron chi connectivity index (χ3n) is 4.74. The van der Waals surface area contributed by atoms with E-state index < -0.39 is 18.0 Å². The van der Waals surface area contributed by atoms with Crippen LogP contribution in [0.5, 0.6) is 5.75 Å². The Morgan fingerprint density at radius 3 is 2.23 bits per heavy atom. The van der Waals surface area contributed by atoms with Crippen LogP contribution >= 0.6 is 11.7 Å². The fraction of sp³-hybridized carbons (Fsp3) is 0.364. The summed E-state index contributed by atoms with van der Waals surface area (Å²) in [4.78, 5) is 24.2. The number of fused-ring (bicyclic) bond motifs is 1. The molecule has 1 unspecified atom stereocenters. The van der Waals surface area contributed by atoms with Gasteiger partial charge in [0.25, 0.3) is 0 Å². The Hall–Kier alpha value is -3.00. The molecule has 0 fully saturated rings. The largest absolute Gasteiger partial charge is 0.478 e. The average Bonchev–Trinajstić information content (AvgIpc) is 3.20. The fourth-order valence-corrected chi connectivity index (χ4v) is 3.91. The molecule has 7 nitrogen and oxygen atoms in total. The van der Waals surface area contributed by atoms with Crippen molar-refractivity contribution < 1.29 is 24.2 Å². The third-order valence-corrected chi connectivity index (χ3v) is 5.30. The molecule has 0 spiro atoms. The van der Waals surface area contributed by atoms with Crippen LogP contribution in [0.3, 0.4) is 0 Å². The van der Waals surface area contributed by atoms with E-state index in [4.69, 9.17) is 9.47 Å². The molecule has 0 saturated carbocycles. The van der Waals surface area contributed by atoms with Crippen LogP contribution in [0, 0.1) is 0 Å². The number of rotatable bonds is 9. The number of hydrogen-bond donors (Lipinski definition) is 1. The summed E-state index contributed by atoms with van der Waals surface area (Å²) < 4.78 is 19.4. The van der Waals surface area contributed by atoms with Gasteiger partial charge in [-0.05, 0) is 48.2 Å². The topological polar surface area (TPSA) is 98.6 Å². The number of benzene rings is 2. The first-order chi connectivity index (χ1) is 14.5. The van der Waals surface area contributed by atoms with E-state index in [0.29, 0.717) is 40.8 Å². The van der Waals surface area contributed by atoms with E-state index in [9.17, 15) is 14.7 Å². The number of carbonyl (C=O) groups is 2. The van der Waals surface area contributed by atoms with Gasteiger partial charge in [0.2, 0.25) is 6.10 Å². The molecule has 0 aliphatic carbocycles. The molecule has 1 aromatic heterocycles. The maximum absolute atomic E-state index is 12.1. The van der Waals surface area contributed by atoms with E-state index in [1.54, 1.807) is 30.3 Å². The number of esters is 1. The zero-order valence-corrected chi connectivity index (χ0v) is 18.0. The molecule has 158 valence electrons. The van der Waals surface area contributed by atoms with E-state index in [0.717, 1.165) is 35.7 Å². The molecular formula is C22H24N2O5S. The van der Waals surface area contributed by atoms with Crippen molar-refractivity contribution in [2.24, 2.45) is 0 Å². The molecule has 0 saturated heterocycles. The van der Waals surface area contributed by atoms with Crippen molar-refractivity contribution in [3.63, 3.8) is 0 Å². The highest BCUT2D eigenvalue weighted by Crippen LogP contribution is 2.34. The maximum Gasteiger partial charge on any atom is 0.349 e. The number of aromatic nitrogens is 2. The quantitative estimate of drug-likeness (QED) is 0.498. The van der Waals surface area contributed by atoms with Gasteiger partial charge in [-0.3, -0.25) is 0 Å².